The molecule has 1 unspecified atom stereocenters. The van der Waals surface area contributed by atoms with Crippen molar-refractivity contribution in [3.63, 3.8) is 0 Å². The van der Waals surface area contributed by atoms with Crippen molar-refractivity contribution in [2.45, 2.75) is 374 Å². The third-order valence-corrected chi connectivity index (χ3v) is 15.5. The van der Waals surface area contributed by atoms with Crippen LogP contribution in [0.3, 0.4) is 0 Å². The van der Waals surface area contributed by atoms with Crippen LogP contribution in [0.25, 0.3) is 0 Å². The van der Waals surface area contributed by atoms with Crippen molar-refractivity contribution in [3.05, 3.63) is 60.8 Å². The van der Waals surface area contributed by atoms with Gasteiger partial charge in [0.05, 0.1) is 0 Å². The van der Waals surface area contributed by atoms with Crippen LogP contribution in [0.4, 0.5) is 0 Å². The quantitative estimate of drug-likeness (QED) is 0.0261. The van der Waals surface area contributed by atoms with E-state index in [9.17, 15) is 14.4 Å². The molecule has 0 aromatic heterocycles. The van der Waals surface area contributed by atoms with Gasteiger partial charge in [-0.25, -0.2) is 0 Å². The molecule has 0 saturated heterocycles. The Balaban J connectivity index is 3.92. The second kappa shape index (κ2) is 67.6. The van der Waals surface area contributed by atoms with E-state index in [1.165, 1.54) is 231 Å². The Morgan fingerprint density at radius 3 is 0.772 bits per heavy atom. The molecule has 460 valence electrons. The third kappa shape index (κ3) is 65.8. The number of unbranched alkanes of at least 4 members (excludes halogenated alkanes) is 43. The molecule has 0 rings (SSSR count). The van der Waals surface area contributed by atoms with Gasteiger partial charge in [-0.3, -0.25) is 14.4 Å². The molecule has 0 aliphatic heterocycles. The summed E-state index contributed by atoms with van der Waals surface area (Å²) in [4.78, 5) is 38.0. The predicted molar refractivity (Wildman–Crippen MR) is 344 cm³/mol. The van der Waals surface area contributed by atoms with Crippen molar-refractivity contribution in [1.29, 1.82) is 0 Å². The number of carbonyl (C=O) groups is 3. The summed E-state index contributed by atoms with van der Waals surface area (Å²) in [6, 6.07) is 0. The molecule has 0 amide bonds. The molecule has 0 saturated carbocycles. The molecule has 79 heavy (non-hydrogen) atoms. The number of ether oxygens (including phenoxy) is 3. The Morgan fingerprint density at radius 2 is 0.494 bits per heavy atom. The molecule has 0 radical (unpaired) electrons. The van der Waals surface area contributed by atoms with Gasteiger partial charge in [-0.2, -0.15) is 0 Å². The molecule has 0 heterocycles. The van der Waals surface area contributed by atoms with Crippen LogP contribution in [-0.4, -0.2) is 37.2 Å². The highest BCUT2D eigenvalue weighted by Gasteiger charge is 2.19. The average Bonchev–Trinajstić information content (AvgIpc) is 3.45. The first kappa shape index (κ1) is 76.1. The Morgan fingerprint density at radius 1 is 0.266 bits per heavy atom. The van der Waals surface area contributed by atoms with E-state index in [1.54, 1.807) is 0 Å². The molecule has 0 aromatic rings. The molecule has 0 spiro atoms. The van der Waals surface area contributed by atoms with Crippen LogP contribution >= 0.6 is 0 Å². The summed E-state index contributed by atoms with van der Waals surface area (Å²) in [5.41, 5.74) is 0. The van der Waals surface area contributed by atoms with Crippen LogP contribution in [0, 0.1) is 0 Å². The maximum absolute atomic E-state index is 12.8. The van der Waals surface area contributed by atoms with E-state index >= 15 is 0 Å². The first-order valence-electron chi connectivity index (χ1n) is 34.8. The van der Waals surface area contributed by atoms with Crippen molar-refractivity contribution in [2.24, 2.45) is 0 Å². The summed E-state index contributed by atoms with van der Waals surface area (Å²) in [6.45, 7) is 6.50. The molecule has 0 N–H and O–H groups in total. The van der Waals surface area contributed by atoms with Crippen LogP contribution in [-0.2, 0) is 28.6 Å². The molecule has 0 bridgehead atoms. The largest absolute Gasteiger partial charge is 0.462 e. The maximum atomic E-state index is 12.8. The SMILES string of the molecule is CC/C=C\C/C=C\C/C=C\C/C=C\C/C=C\CCCCCCCCCCCCCCCCCCCC(=O)OCC(COC(=O)CCCCCCC)OC(=O)CCCCCCCCCCCCCCCCCCCCCCCCC. The minimum absolute atomic E-state index is 0.0682. The highest BCUT2D eigenvalue weighted by molar-refractivity contribution is 5.71. The zero-order chi connectivity index (χ0) is 57.1. The summed E-state index contributed by atoms with van der Waals surface area (Å²) in [6.07, 6.45) is 87.4. The summed E-state index contributed by atoms with van der Waals surface area (Å²) < 4.78 is 16.8. The van der Waals surface area contributed by atoms with E-state index < -0.39 is 6.10 Å². The first-order valence-corrected chi connectivity index (χ1v) is 34.8. The minimum Gasteiger partial charge on any atom is -0.462 e. The van der Waals surface area contributed by atoms with E-state index in [2.05, 4.69) is 81.5 Å². The zero-order valence-electron chi connectivity index (χ0n) is 52.9. The Kier molecular flexibility index (Phi) is 65.1. The lowest BCUT2D eigenvalue weighted by molar-refractivity contribution is -0.167. The third-order valence-electron chi connectivity index (χ3n) is 15.5. The van der Waals surface area contributed by atoms with E-state index in [0.717, 1.165) is 96.3 Å². The Bertz CT molecular complexity index is 1410. The van der Waals surface area contributed by atoms with E-state index in [1.807, 2.05) is 0 Å². The summed E-state index contributed by atoms with van der Waals surface area (Å²) in [7, 11) is 0. The van der Waals surface area contributed by atoms with Crippen LogP contribution < -0.4 is 0 Å². The standard InChI is InChI=1S/C73H132O6/c1-4-7-10-13-15-17-19-21-23-25-27-29-31-32-33-34-35-36-37-38-39-40-42-43-45-47-49-51-53-55-57-60-63-66-72(75)78-69-70(68-77-71(74)65-62-59-12-9-6-3)79-73(76)67-64-61-58-56-54-52-50-48-46-44-41-30-28-26-24-22-20-18-16-14-11-8-5-2/h7,10,15,17,21,23,27,29,32-33,70H,4-6,8-9,11-14,16,18-20,22,24-26,28,30-31,34-69H2,1-3H3/b10-7-,17-15-,23-21-,29-27-,33-32-. The molecule has 1 atom stereocenters. The van der Waals surface area contributed by atoms with Gasteiger partial charge in [0.15, 0.2) is 6.10 Å². The smallest absolute Gasteiger partial charge is 0.306 e. The summed E-state index contributed by atoms with van der Waals surface area (Å²) >= 11 is 0. The van der Waals surface area contributed by atoms with Gasteiger partial charge in [0, 0.05) is 19.3 Å². The van der Waals surface area contributed by atoms with Gasteiger partial charge in [0.25, 0.3) is 0 Å². The number of rotatable bonds is 64. The fraction of sp³-hybridized carbons (Fsp3) is 0.822. The van der Waals surface area contributed by atoms with Crippen molar-refractivity contribution in [2.75, 3.05) is 13.2 Å². The lowest BCUT2D eigenvalue weighted by atomic mass is 10.0. The first-order chi connectivity index (χ1) is 39.0. The highest BCUT2D eigenvalue weighted by atomic mass is 16.6. The van der Waals surface area contributed by atoms with Crippen LogP contribution in [0.5, 0.6) is 0 Å². The van der Waals surface area contributed by atoms with Gasteiger partial charge in [-0.1, -0.05) is 345 Å². The maximum Gasteiger partial charge on any atom is 0.306 e. The van der Waals surface area contributed by atoms with Crippen LogP contribution in [0.15, 0.2) is 60.8 Å². The van der Waals surface area contributed by atoms with Gasteiger partial charge in [-0.05, 0) is 64.2 Å². The van der Waals surface area contributed by atoms with Gasteiger partial charge >= 0.3 is 17.9 Å². The average molecular weight is 1110 g/mol. The van der Waals surface area contributed by atoms with Gasteiger partial charge in [0.1, 0.15) is 13.2 Å². The van der Waals surface area contributed by atoms with Gasteiger partial charge in [-0.15, -0.1) is 0 Å². The number of esters is 3. The lowest BCUT2D eigenvalue weighted by Gasteiger charge is -2.18. The number of hydrogen-bond acceptors (Lipinski definition) is 6. The summed E-state index contributed by atoms with van der Waals surface area (Å²) in [5, 5.41) is 0. The topological polar surface area (TPSA) is 78.9 Å². The van der Waals surface area contributed by atoms with Gasteiger partial charge < -0.3 is 14.2 Å². The van der Waals surface area contributed by atoms with Crippen molar-refractivity contribution < 1.29 is 28.6 Å². The van der Waals surface area contributed by atoms with E-state index in [4.69, 9.17) is 14.2 Å². The normalized spacial score (nSPS) is 12.4. The van der Waals surface area contributed by atoms with Crippen LogP contribution in [0.1, 0.15) is 367 Å². The van der Waals surface area contributed by atoms with E-state index in [0.29, 0.717) is 19.3 Å². The highest BCUT2D eigenvalue weighted by Crippen LogP contribution is 2.18. The second-order valence-electron chi connectivity index (χ2n) is 23.4. The Labute approximate surface area is 491 Å². The molecule has 0 aliphatic rings. The van der Waals surface area contributed by atoms with Crippen molar-refractivity contribution >= 4 is 17.9 Å². The van der Waals surface area contributed by atoms with Crippen molar-refractivity contribution in [3.8, 4) is 0 Å². The molecular weight excluding hydrogens is 973 g/mol. The lowest BCUT2D eigenvalue weighted by Crippen LogP contribution is -2.30. The number of allylic oxidation sites excluding steroid dienone is 10. The molecule has 0 fully saturated rings. The molecular formula is C73H132O6. The van der Waals surface area contributed by atoms with Crippen LogP contribution in [0.2, 0.25) is 0 Å². The molecule has 6 nitrogen and oxygen atoms in total. The fourth-order valence-electron chi connectivity index (χ4n) is 10.4. The summed E-state index contributed by atoms with van der Waals surface area (Å²) in [5.74, 6) is -0.859. The predicted octanol–water partition coefficient (Wildman–Crippen LogP) is 23.9. The number of carbonyl (C=O) groups excluding carboxylic acids is 3. The van der Waals surface area contributed by atoms with E-state index in [-0.39, 0.29) is 31.1 Å². The van der Waals surface area contributed by atoms with Gasteiger partial charge in [0.2, 0.25) is 0 Å². The monoisotopic (exact) mass is 1110 g/mol. The number of hydrogen-bond donors (Lipinski definition) is 0. The minimum atomic E-state index is -0.767. The second-order valence-corrected chi connectivity index (χ2v) is 23.4. The zero-order valence-corrected chi connectivity index (χ0v) is 52.9. The molecule has 0 aromatic carbocycles. The molecule has 0 aliphatic carbocycles. The molecule has 6 heteroatoms. The Hall–Kier alpha value is -2.89. The fourth-order valence-corrected chi connectivity index (χ4v) is 10.4. The van der Waals surface area contributed by atoms with Crippen molar-refractivity contribution in [1.82, 2.24) is 0 Å².